The van der Waals surface area contributed by atoms with E-state index in [2.05, 4.69) is 96.8 Å². The van der Waals surface area contributed by atoms with E-state index in [1.807, 2.05) is 6.07 Å². The predicted octanol–water partition coefficient (Wildman–Crippen LogP) is 7.54. The molecule has 5 aromatic carbocycles. The highest BCUT2D eigenvalue weighted by Gasteiger charge is 2.13. The number of hydrogen-bond donors (Lipinski definition) is 1. The van der Waals surface area contributed by atoms with E-state index < -0.39 is 0 Å². The van der Waals surface area contributed by atoms with E-state index in [0.717, 1.165) is 29.0 Å². The lowest BCUT2D eigenvalue weighted by molar-refractivity contribution is 0.404. The zero-order valence-corrected chi connectivity index (χ0v) is 17.6. The molecule has 4 nitrogen and oxygen atoms in total. The molecular weight excluding hydrogens is 380 g/mol. The summed E-state index contributed by atoms with van der Waals surface area (Å²) < 4.78 is 0. The Morgan fingerprint density at radius 2 is 1.39 bits per heavy atom. The third-order valence-electron chi connectivity index (χ3n) is 6.03. The van der Waals surface area contributed by atoms with E-state index in [-0.39, 0.29) is 0 Å². The van der Waals surface area contributed by atoms with Gasteiger partial charge in [0.1, 0.15) is 0 Å². The van der Waals surface area contributed by atoms with Gasteiger partial charge in [0.2, 0.25) is 0 Å². The number of hydrogen-bond acceptors (Lipinski definition) is 3. The molecule has 0 unspecified atom stereocenters. The van der Waals surface area contributed by atoms with Crippen molar-refractivity contribution in [3.05, 3.63) is 84.4 Å². The largest absolute Gasteiger partial charge is 0.338 e. The van der Waals surface area contributed by atoms with E-state index in [1.165, 1.54) is 37.9 Å². The number of fused-ring (bicyclic) bond motifs is 1. The Morgan fingerprint density at radius 1 is 0.677 bits per heavy atom. The first-order valence-electron chi connectivity index (χ1n) is 10.5. The van der Waals surface area contributed by atoms with Crippen molar-refractivity contribution in [1.82, 2.24) is 9.88 Å². The predicted molar refractivity (Wildman–Crippen MR) is 130 cm³/mol. The van der Waals surface area contributed by atoms with Crippen LogP contribution in [-0.4, -0.2) is 24.0 Å². The summed E-state index contributed by atoms with van der Waals surface area (Å²) in [4.78, 5) is 5.61. The molecule has 1 aromatic heterocycles. The summed E-state index contributed by atoms with van der Waals surface area (Å²) in [5.41, 5.74) is 3.14. The van der Waals surface area contributed by atoms with Gasteiger partial charge in [-0.2, -0.15) is 0 Å². The first-order valence-corrected chi connectivity index (χ1v) is 10.5. The molecule has 6 rings (SSSR count). The maximum Gasteiger partial charge on any atom is 0.158 e. The van der Waals surface area contributed by atoms with Crippen LogP contribution in [0.4, 0.5) is 11.5 Å². The Kier molecular flexibility index (Phi) is 4.01. The average Bonchev–Trinajstić information content (AvgIpc) is 3.13. The Hall–Kier alpha value is -3.76. The molecule has 0 aliphatic carbocycles. The van der Waals surface area contributed by atoms with Gasteiger partial charge in [0, 0.05) is 28.4 Å². The van der Waals surface area contributed by atoms with Crippen molar-refractivity contribution in [3.63, 3.8) is 0 Å². The van der Waals surface area contributed by atoms with Crippen LogP contribution in [-0.2, 0) is 6.54 Å². The molecule has 0 aliphatic heterocycles. The summed E-state index contributed by atoms with van der Waals surface area (Å²) in [6, 6.07) is 27.8. The third kappa shape index (κ3) is 2.87. The highest BCUT2D eigenvalue weighted by atomic mass is 15.2. The smallest absolute Gasteiger partial charge is 0.158 e. The molecule has 0 aliphatic rings. The second-order valence-corrected chi connectivity index (χ2v) is 8.38. The normalized spacial score (nSPS) is 12.5. The van der Waals surface area contributed by atoms with Crippen LogP contribution in [0.25, 0.3) is 43.2 Å². The zero-order chi connectivity index (χ0) is 20.9. The van der Waals surface area contributed by atoms with Crippen molar-refractivity contribution in [2.45, 2.75) is 6.54 Å². The second kappa shape index (κ2) is 6.89. The lowest BCUT2D eigenvalue weighted by Crippen LogP contribution is -2.10. The summed E-state index contributed by atoms with van der Waals surface area (Å²) in [7, 11) is 4.15. The summed E-state index contributed by atoms with van der Waals surface area (Å²) >= 11 is 0. The molecule has 4 heteroatoms. The molecule has 31 heavy (non-hydrogen) atoms. The van der Waals surface area contributed by atoms with Crippen molar-refractivity contribution in [2.24, 2.45) is 10.2 Å². The Balaban J connectivity index is 1.54. The molecule has 1 N–H and O–H groups in total. The highest BCUT2D eigenvalue weighted by molar-refractivity contribution is 6.24. The second-order valence-electron chi connectivity index (χ2n) is 8.38. The van der Waals surface area contributed by atoms with E-state index >= 15 is 0 Å². The SMILES string of the molecule is CN(C)Cc1c(N=Nc2ccc3ccc4cccc5ccc2c3c45)[nH]c2ccccc12. The van der Waals surface area contributed by atoms with Crippen LogP contribution in [0.5, 0.6) is 0 Å². The number of benzene rings is 5. The van der Waals surface area contributed by atoms with Gasteiger partial charge < -0.3 is 9.88 Å². The molecule has 0 saturated heterocycles. The lowest BCUT2D eigenvalue weighted by Gasteiger charge is -2.11. The summed E-state index contributed by atoms with van der Waals surface area (Å²) in [5, 5.41) is 18.1. The van der Waals surface area contributed by atoms with Crippen LogP contribution in [0.1, 0.15) is 5.56 Å². The minimum Gasteiger partial charge on any atom is -0.338 e. The molecular formula is C27H22N4. The Labute approximate surface area is 180 Å². The standard InChI is InChI=1S/C27H22N4/c1-31(2)16-22-20-8-3-4-9-23(20)28-27(22)30-29-24-15-13-19-11-10-17-6-5-7-18-12-14-21(24)26(19)25(17)18/h3-15,28H,16H2,1-2H3. The zero-order valence-electron chi connectivity index (χ0n) is 17.6. The van der Waals surface area contributed by atoms with Gasteiger partial charge in [0.25, 0.3) is 0 Å². The quantitative estimate of drug-likeness (QED) is 0.240. The minimum atomic E-state index is 0.802. The molecule has 0 amide bonds. The van der Waals surface area contributed by atoms with Crippen molar-refractivity contribution < 1.29 is 0 Å². The summed E-state index contributed by atoms with van der Waals surface area (Å²) in [6.07, 6.45) is 0. The molecule has 0 saturated carbocycles. The average molecular weight is 403 g/mol. The first kappa shape index (κ1) is 18.0. The molecule has 6 aromatic rings. The van der Waals surface area contributed by atoms with Crippen LogP contribution in [0, 0.1) is 0 Å². The maximum atomic E-state index is 4.72. The van der Waals surface area contributed by atoms with Crippen molar-refractivity contribution in [3.8, 4) is 0 Å². The number of azo groups is 1. The number of nitrogens with one attached hydrogen (secondary N) is 1. The first-order chi connectivity index (χ1) is 15.2. The monoisotopic (exact) mass is 402 g/mol. The number of para-hydroxylation sites is 1. The Bertz CT molecular complexity index is 1570. The summed E-state index contributed by atoms with van der Waals surface area (Å²) in [5.74, 6) is 0.820. The van der Waals surface area contributed by atoms with Gasteiger partial charge in [-0.15, -0.1) is 10.2 Å². The number of nitrogens with zero attached hydrogens (tertiary/aromatic N) is 3. The van der Waals surface area contributed by atoms with Gasteiger partial charge in [-0.25, -0.2) is 0 Å². The fourth-order valence-electron chi connectivity index (χ4n) is 4.66. The van der Waals surface area contributed by atoms with Crippen LogP contribution in [0.15, 0.2) is 89.1 Å². The third-order valence-corrected chi connectivity index (χ3v) is 6.03. The molecule has 0 spiro atoms. The van der Waals surface area contributed by atoms with Gasteiger partial charge in [-0.1, -0.05) is 66.7 Å². The Morgan fingerprint density at radius 3 is 2.19 bits per heavy atom. The topological polar surface area (TPSA) is 43.8 Å². The van der Waals surface area contributed by atoms with Gasteiger partial charge in [0.05, 0.1) is 5.69 Å². The van der Waals surface area contributed by atoms with Gasteiger partial charge >= 0.3 is 0 Å². The lowest BCUT2D eigenvalue weighted by atomic mass is 9.94. The van der Waals surface area contributed by atoms with E-state index in [0.29, 0.717) is 0 Å². The van der Waals surface area contributed by atoms with Gasteiger partial charge in [-0.05, 0) is 53.2 Å². The number of aromatic amines is 1. The van der Waals surface area contributed by atoms with Crippen molar-refractivity contribution in [2.75, 3.05) is 14.1 Å². The molecule has 0 fully saturated rings. The fraction of sp³-hybridized carbons (Fsp3) is 0.111. The summed E-state index contributed by atoms with van der Waals surface area (Å²) in [6.45, 7) is 0.802. The highest BCUT2D eigenvalue weighted by Crippen LogP contribution is 2.39. The van der Waals surface area contributed by atoms with Crippen LogP contribution >= 0.6 is 0 Å². The van der Waals surface area contributed by atoms with Crippen molar-refractivity contribution in [1.29, 1.82) is 0 Å². The number of H-pyrrole nitrogens is 1. The van der Waals surface area contributed by atoms with E-state index in [9.17, 15) is 0 Å². The van der Waals surface area contributed by atoms with Crippen molar-refractivity contribution >= 4 is 54.7 Å². The molecule has 0 atom stereocenters. The number of rotatable bonds is 4. The molecule has 1 heterocycles. The van der Waals surface area contributed by atoms with Crippen LogP contribution in [0.2, 0.25) is 0 Å². The van der Waals surface area contributed by atoms with Crippen LogP contribution in [0.3, 0.4) is 0 Å². The van der Waals surface area contributed by atoms with Crippen LogP contribution < -0.4 is 0 Å². The van der Waals surface area contributed by atoms with Gasteiger partial charge in [0.15, 0.2) is 5.82 Å². The maximum absolute atomic E-state index is 4.72. The van der Waals surface area contributed by atoms with Gasteiger partial charge in [-0.3, -0.25) is 0 Å². The molecule has 150 valence electrons. The molecule has 0 radical (unpaired) electrons. The molecule has 0 bridgehead atoms. The van der Waals surface area contributed by atoms with E-state index in [4.69, 9.17) is 10.2 Å². The fourth-order valence-corrected chi connectivity index (χ4v) is 4.66. The van der Waals surface area contributed by atoms with E-state index in [1.54, 1.807) is 0 Å². The number of aromatic nitrogens is 1. The minimum absolute atomic E-state index is 0.802.